The Morgan fingerprint density at radius 2 is 1.53 bits per heavy atom. The first kappa shape index (κ1) is 19.9. The van der Waals surface area contributed by atoms with Gasteiger partial charge in [0.05, 0.1) is 11.8 Å². The summed E-state index contributed by atoms with van der Waals surface area (Å²) >= 11 is 3.37. The highest BCUT2D eigenvalue weighted by atomic mass is 79.9. The third kappa shape index (κ3) is 3.07. The number of nitrogens with zero attached hydrogens (tertiary/aromatic N) is 1. The van der Waals surface area contributed by atoms with Gasteiger partial charge in [0.25, 0.3) is 0 Å². The largest absolute Gasteiger partial charge is 0.425 e. The lowest BCUT2D eigenvalue weighted by molar-refractivity contribution is -0.153. The number of hydrogen-bond donors (Lipinski definition) is 0. The molecular weight excluding hydrogens is 470 g/mol. The monoisotopic (exact) mass is 491 g/mol. The minimum atomic E-state index is -0.984. The predicted octanol–water partition coefficient (Wildman–Crippen LogP) is 4.02. The number of amides is 2. The maximum atomic E-state index is 13.6. The summed E-state index contributed by atoms with van der Waals surface area (Å²) in [5.41, 5.74) is 0.879. The predicted molar refractivity (Wildman–Crippen MR) is 120 cm³/mol. The Morgan fingerprint density at radius 3 is 2.12 bits per heavy atom. The number of benzene rings is 2. The van der Waals surface area contributed by atoms with Crippen molar-refractivity contribution in [2.45, 2.75) is 18.9 Å². The number of carbonyl (C=O) groups is 3. The van der Waals surface area contributed by atoms with Crippen molar-refractivity contribution in [3.05, 3.63) is 76.8 Å². The molecule has 1 heterocycles. The molecule has 1 aliphatic heterocycles. The van der Waals surface area contributed by atoms with Gasteiger partial charge in [0.15, 0.2) is 0 Å². The van der Waals surface area contributed by atoms with E-state index in [2.05, 4.69) is 28.1 Å². The van der Waals surface area contributed by atoms with Crippen molar-refractivity contribution >= 4 is 33.7 Å². The van der Waals surface area contributed by atoms with Crippen LogP contribution in [0.5, 0.6) is 5.75 Å². The second kappa shape index (κ2) is 7.41. The van der Waals surface area contributed by atoms with E-state index in [0.29, 0.717) is 17.6 Å². The molecule has 1 saturated heterocycles. The quantitative estimate of drug-likeness (QED) is 0.274. The van der Waals surface area contributed by atoms with Crippen LogP contribution in [0.25, 0.3) is 0 Å². The van der Waals surface area contributed by atoms with Gasteiger partial charge in [-0.25, -0.2) is 4.79 Å². The summed E-state index contributed by atoms with van der Waals surface area (Å²) in [5, 5.41) is 0. The summed E-state index contributed by atoms with van der Waals surface area (Å²) in [7, 11) is 0. The molecule has 7 atom stereocenters. The molecule has 32 heavy (non-hydrogen) atoms. The average Bonchev–Trinajstić information content (AvgIpc) is 3.58. The molecule has 3 fully saturated rings. The molecule has 0 radical (unpaired) electrons. The smallest absolute Gasteiger partial charge is 0.335 e. The van der Waals surface area contributed by atoms with Crippen LogP contribution >= 0.6 is 15.9 Å². The maximum Gasteiger partial charge on any atom is 0.335 e. The Hall–Kier alpha value is -2.73. The lowest BCUT2D eigenvalue weighted by atomic mass is 9.63. The normalized spacial score (nSPS) is 32.5. The fraction of sp³-hybridized carbons (Fsp3) is 0.346. The number of likely N-dealkylation sites (tertiary alicyclic amines) is 1. The van der Waals surface area contributed by atoms with Gasteiger partial charge in [0.2, 0.25) is 11.8 Å². The molecule has 2 amide bonds. The van der Waals surface area contributed by atoms with Crippen molar-refractivity contribution in [1.82, 2.24) is 4.90 Å². The molecule has 6 heteroatoms. The van der Waals surface area contributed by atoms with E-state index >= 15 is 0 Å². The topological polar surface area (TPSA) is 63.7 Å². The molecule has 2 aromatic rings. The Labute approximate surface area is 194 Å². The van der Waals surface area contributed by atoms with Crippen molar-refractivity contribution in [2.24, 2.45) is 35.5 Å². The van der Waals surface area contributed by atoms with E-state index in [1.54, 1.807) is 24.3 Å². The molecule has 162 valence electrons. The minimum absolute atomic E-state index is 0.122. The standard InChI is InChI=1S/C26H22BrNO4/c27-15-6-8-16(9-7-15)32-26(31)21(12-14-4-2-1-3-5-14)28-24(29)22-17-10-11-18(20-13-19(17)20)23(22)25(28)30/h1-11,17-23H,12-13H2/t17-,18-,19-,20-,21+,22-,23+/m1/s1. The van der Waals surface area contributed by atoms with Crippen LogP contribution in [0.3, 0.4) is 0 Å². The summed E-state index contributed by atoms with van der Waals surface area (Å²) in [6.45, 7) is 0. The van der Waals surface area contributed by atoms with Crippen LogP contribution in [0, 0.1) is 35.5 Å². The van der Waals surface area contributed by atoms with E-state index in [-0.39, 0.29) is 41.9 Å². The van der Waals surface area contributed by atoms with Crippen LogP contribution in [0.2, 0.25) is 0 Å². The highest BCUT2D eigenvalue weighted by molar-refractivity contribution is 9.10. The average molecular weight is 492 g/mol. The zero-order valence-corrected chi connectivity index (χ0v) is 18.9. The van der Waals surface area contributed by atoms with E-state index in [1.165, 1.54) is 4.90 Å². The molecule has 2 saturated carbocycles. The number of rotatable bonds is 5. The second-order valence-electron chi connectivity index (χ2n) is 9.28. The molecule has 0 N–H and O–H groups in total. The molecule has 4 aliphatic carbocycles. The Bertz CT molecular complexity index is 1090. The molecule has 0 unspecified atom stereocenters. The summed E-state index contributed by atoms with van der Waals surface area (Å²) in [4.78, 5) is 41.8. The summed E-state index contributed by atoms with van der Waals surface area (Å²) < 4.78 is 6.51. The van der Waals surface area contributed by atoms with Gasteiger partial charge >= 0.3 is 5.97 Å². The molecule has 0 aromatic heterocycles. The van der Waals surface area contributed by atoms with Gasteiger partial charge in [0, 0.05) is 10.9 Å². The third-order valence-electron chi connectivity index (χ3n) is 7.58. The fourth-order valence-corrected chi connectivity index (χ4v) is 6.36. The number of ether oxygens (including phenoxy) is 1. The highest BCUT2D eigenvalue weighted by Gasteiger charge is 2.68. The fourth-order valence-electron chi connectivity index (χ4n) is 6.09. The lowest BCUT2D eigenvalue weighted by Crippen LogP contribution is -2.48. The van der Waals surface area contributed by atoms with Crippen LogP contribution < -0.4 is 4.74 Å². The van der Waals surface area contributed by atoms with E-state index in [9.17, 15) is 14.4 Å². The Balaban J connectivity index is 1.33. The van der Waals surface area contributed by atoms with Crippen molar-refractivity contribution in [3.8, 4) is 5.75 Å². The Morgan fingerprint density at radius 1 is 0.938 bits per heavy atom. The molecule has 5 aliphatic rings. The van der Waals surface area contributed by atoms with E-state index in [1.807, 2.05) is 30.3 Å². The summed E-state index contributed by atoms with van der Waals surface area (Å²) in [5.74, 6) is -0.00218. The number of halogens is 1. The zero-order chi connectivity index (χ0) is 22.0. The number of carbonyl (C=O) groups excluding carboxylic acids is 3. The zero-order valence-electron chi connectivity index (χ0n) is 17.3. The molecular formula is C26H22BrNO4. The van der Waals surface area contributed by atoms with Gasteiger partial charge in [-0.1, -0.05) is 58.4 Å². The first-order chi connectivity index (χ1) is 15.5. The first-order valence-electron chi connectivity index (χ1n) is 11.1. The van der Waals surface area contributed by atoms with Gasteiger partial charge in [0.1, 0.15) is 11.8 Å². The van der Waals surface area contributed by atoms with Gasteiger partial charge in [-0.2, -0.15) is 0 Å². The van der Waals surface area contributed by atoms with Crippen molar-refractivity contribution in [1.29, 1.82) is 0 Å². The summed E-state index contributed by atoms with van der Waals surface area (Å²) in [6, 6.07) is 15.4. The first-order valence-corrected chi connectivity index (χ1v) is 11.9. The van der Waals surface area contributed by atoms with Crippen molar-refractivity contribution < 1.29 is 19.1 Å². The van der Waals surface area contributed by atoms with Crippen LogP contribution in [-0.2, 0) is 20.8 Å². The SMILES string of the molecule is O=C(Oc1ccc(Br)cc1)[C@H](Cc1ccccc1)N1C(=O)[C@@H]2[C@@H]3C=C[C@H]([C@H]4C[C@H]34)[C@@H]2C1=O. The second-order valence-corrected chi connectivity index (χ2v) is 10.2. The van der Waals surface area contributed by atoms with Gasteiger partial charge in [-0.15, -0.1) is 0 Å². The highest BCUT2D eigenvalue weighted by Crippen LogP contribution is 2.65. The van der Waals surface area contributed by atoms with Crippen LogP contribution in [0.4, 0.5) is 0 Å². The summed E-state index contributed by atoms with van der Waals surface area (Å²) in [6.07, 6.45) is 5.62. The molecule has 0 spiro atoms. The van der Waals surface area contributed by atoms with Crippen LogP contribution in [-0.4, -0.2) is 28.7 Å². The van der Waals surface area contributed by atoms with Gasteiger partial charge in [-0.3, -0.25) is 14.5 Å². The van der Waals surface area contributed by atoms with E-state index < -0.39 is 12.0 Å². The number of hydrogen-bond acceptors (Lipinski definition) is 4. The maximum absolute atomic E-state index is 13.6. The van der Waals surface area contributed by atoms with Crippen LogP contribution in [0.1, 0.15) is 12.0 Å². The van der Waals surface area contributed by atoms with E-state index in [0.717, 1.165) is 16.5 Å². The number of allylic oxidation sites excluding steroid dienone is 2. The molecule has 5 nitrogen and oxygen atoms in total. The minimum Gasteiger partial charge on any atom is -0.425 e. The Kier molecular flexibility index (Phi) is 4.61. The van der Waals surface area contributed by atoms with Gasteiger partial charge in [-0.05, 0) is 59.9 Å². The number of imide groups is 1. The van der Waals surface area contributed by atoms with Crippen LogP contribution in [0.15, 0.2) is 71.2 Å². The molecule has 2 bridgehead atoms. The molecule has 2 aromatic carbocycles. The van der Waals surface area contributed by atoms with Crippen molar-refractivity contribution in [3.63, 3.8) is 0 Å². The lowest BCUT2D eigenvalue weighted by Gasteiger charge is -2.37. The van der Waals surface area contributed by atoms with E-state index in [4.69, 9.17) is 4.74 Å². The number of esters is 1. The third-order valence-corrected chi connectivity index (χ3v) is 8.11. The van der Waals surface area contributed by atoms with Crippen molar-refractivity contribution in [2.75, 3.05) is 0 Å². The molecule has 7 rings (SSSR count). The van der Waals surface area contributed by atoms with Gasteiger partial charge < -0.3 is 4.74 Å².